The normalized spacial score (nSPS) is 20.8. The third kappa shape index (κ3) is 3.21. The van der Waals surface area contributed by atoms with Crippen LogP contribution in [0, 0.1) is 5.82 Å². The molecule has 0 saturated carbocycles. The first-order valence-electron chi connectivity index (χ1n) is 9.89. The van der Waals surface area contributed by atoms with Gasteiger partial charge in [0, 0.05) is 23.3 Å². The molecule has 0 saturated heterocycles. The minimum atomic E-state index is -0.522. The third-order valence-electron chi connectivity index (χ3n) is 5.80. The van der Waals surface area contributed by atoms with Crippen LogP contribution in [0.5, 0.6) is 0 Å². The Morgan fingerprint density at radius 3 is 2.28 bits per heavy atom. The molecule has 0 aromatic heterocycles. The highest BCUT2D eigenvalue weighted by Crippen LogP contribution is 2.44. The number of carbonyl (C=O) groups is 1. The van der Waals surface area contributed by atoms with Crippen LogP contribution in [0.3, 0.4) is 0 Å². The Balaban J connectivity index is 1.64. The van der Waals surface area contributed by atoms with Crippen molar-refractivity contribution in [1.29, 1.82) is 0 Å². The minimum absolute atomic E-state index is 0.0566. The fourth-order valence-electron chi connectivity index (χ4n) is 4.40. The maximum atomic E-state index is 14.7. The van der Waals surface area contributed by atoms with Gasteiger partial charge in [-0.05, 0) is 36.1 Å². The average molecular weight is 384 g/mol. The molecular weight excluding hydrogens is 363 g/mol. The molecule has 3 aromatic rings. The molecule has 3 aromatic carbocycles. The molecule has 144 valence electrons. The Morgan fingerprint density at radius 2 is 1.48 bits per heavy atom. The number of hydrogen-bond donors (Lipinski definition) is 2. The fourth-order valence-corrected chi connectivity index (χ4v) is 4.40. The highest BCUT2D eigenvalue weighted by Gasteiger charge is 2.36. The van der Waals surface area contributed by atoms with E-state index in [1.54, 1.807) is 12.1 Å². The van der Waals surface area contributed by atoms with Crippen molar-refractivity contribution in [2.75, 3.05) is 10.6 Å². The number of halogens is 1. The SMILES string of the molecule is O=C1C[C@@H](c2ccccc2)CC2=C1[C@H](c1ccccc1F)Nc1ccccc1N2. The van der Waals surface area contributed by atoms with Gasteiger partial charge in [0.25, 0.3) is 0 Å². The second-order valence-corrected chi connectivity index (χ2v) is 7.60. The largest absolute Gasteiger partial charge is 0.372 e. The predicted octanol–water partition coefficient (Wildman–Crippen LogP) is 5.81. The van der Waals surface area contributed by atoms with Crippen LogP contribution in [-0.4, -0.2) is 5.78 Å². The lowest BCUT2D eigenvalue weighted by atomic mass is 9.78. The summed E-state index contributed by atoms with van der Waals surface area (Å²) in [5, 5.41) is 6.90. The van der Waals surface area contributed by atoms with Crippen LogP contribution in [0.2, 0.25) is 0 Å². The van der Waals surface area contributed by atoms with Crippen LogP contribution in [0.15, 0.2) is 90.1 Å². The summed E-state index contributed by atoms with van der Waals surface area (Å²) in [7, 11) is 0. The number of ketones is 1. The first-order chi connectivity index (χ1) is 14.2. The highest BCUT2D eigenvalue weighted by molar-refractivity contribution is 6.01. The van der Waals surface area contributed by atoms with E-state index in [0.29, 0.717) is 24.0 Å². The van der Waals surface area contributed by atoms with E-state index in [1.807, 2.05) is 48.5 Å². The highest BCUT2D eigenvalue weighted by atomic mass is 19.1. The Kier molecular flexibility index (Phi) is 4.39. The van der Waals surface area contributed by atoms with E-state index in [0.717, 1.165) is 22.6 Å². The average Bonchev–Trinajstić information content (AvgIpc) is 2.91. The predicted molar refractivity (Wildman–Crippen MR) is 113 cm³/mol. The third-order valence-corrected chi connectivity index (χ3v) is 5.80. The van der Waals surface area contributed by atoms with Gasteiger partial charge in [0.2, 0.25) is 0 Å². The van der Waals surface area contributed by atoms with Crippen molar-refractivity contribution >= 4 is 17.2 Å². The molecule has 0 unspecified atom stereocenters. The summed E-state index contributed by atoms with van der Waals surface area (Å²) in [6, 6.07) is 24.1. The number of fused-ring (bicyclic) bond motifs is 1. The van der Waals surface area contributed by atoms with Crippen molar-refractivity contribution < 1.29 is 9.18 Å². The summed E-state index contributed by atoms with van der Waals surface area (Å²) in [4.78, 5) is 13.4. The summed E-state index contributed by atoms with van der Waals surface area (Å²) in [6.45, 7) is 0. The molecule has 0 spiro atoms. The number of allylic oxidation sites excluding steroid dienone is 1. The zero-order valence-corrected chi connectivity index (χ0v) is 15.9. The van der Waals surface area contributed by atoms with E-state index in [2.05, 4.69) is 22.8 Å². The molecule has 5 rings (SSSR count). The van der Waals surface area contributed by atoms with E-state index >= 15 is 0 Å². The fraction of sp³-hybridized carbons (Fsp3) is 0.160. The summed E-state index contributed by atoms with van der Waals surface area (Å²) >= 11 is 0. The number of rotatable bonds is 2. The molecule has 0 bridgehead atoms. The molecule has 1 heterocycles. The minimum Gasteiger partial charge on any atom is -0.372 e. The van der Waals surface area contributed by atoms with Gasteiger partial charge in [0.15, 0.2) is 5.78 Å². The van der Waals surface area contributed by atoms with Gasteiger partial charge in [-0.15, -0.1) is 0 Å². The number of nitrogens with one attached hydrogen (secondary N) is 2. The Morgan fingerprint density at radius 1 is 0.793 bits per heavy atom. The molecule has 0 radical (unpaired) electrons. The van der Waals surface area contributed by atoms with Gasteiger partial charge in [-0.25, -0.2) is 4.39 Å². The van der Waals surface area contributed by atoms with Gasteiger partial charge < -0.3 is 10.6 Å². The number of carbonyl (C=O) groups excluding carboxylic acids is 1. The number of para-hydroxylation sites is 2. The molecule has 2 aliphatic rings. The molecular formula is C25H21FN2O. The Bertz CT molecular complexity index is 1110. The number of hydrogen-bond acceptors (Lipinski definition) is 3. The van der Waals surface area contributed by atoms with Crippen molar-refractivity contribution in [2.45, 2.75) is 24.8 Å². The van der Waals surface area contributed by atoms with Gasteiger partial charge in [0.1, 0.15) is 5.82 Å². The van der Waals surface area contributed by atoms with E-state index < -0.39 is 6.04 Å². The van der Waals surface area contributed by atoms with E-state index in [1.165, 1.54) is 6.07 Å². The molecule has 0 amide bonds. The number of benzene rings is 3. The maximum absolute atomic E-state index is 14.7. The summed E-state index contributed by atoms with van der Waals surface area (Å²) in [5.74, 6) is -0.142. The van der Waals surface area contributed by atoms with Crippen LogP contribution >= 0.6 is 0 Å². The summed E-state index contributed by atoms with van der Waals surface area (Å²) in [5.41, 5.74) is 4.92. The van der Waals surface area contributed by atoms with Gasteiger partial charge >= 0.3 is 0 Å². The van der Waals surface area contributed by atoms with Crippen LogP contribution in [0.4, 0.5) is 15.8 Å². The standard InChI is InChI=1S/C25H21FN2O/c26-19-11-5-4-10-18(19)25-24-22(27-20-12-6-7-13-21(20)28-25)14-17(15-23(24)29)16-8-2-1-3-9-16/h1-13,17,25,27-28H,14-15H2/t17-,25-/m0/s1. The second kappa shape index (κ2) is 7.21. The molecule has 2 N–H and O–H groups in total. The van der Waals surface area contributed by atoms with E-state index in [4.69, 9.17) is 0 Å². The first kappa shape index (κ1) is 17.7. The molecule has 3 nitrogen and oxygen atoms in total. The maximum Gasteiger partial charge on any atom is 0.163 e. The molecule has 2 atom stereocenters. The first-order valence-corrected chi connectivity index (χ1v) is 9.89. The smallest absolute Gasteiger partial charge is 0.163 e. The van der Waals surface area contributed by atoms with Crippen LogP contribution in [-0.2, 0) is 4.79 Å². The van der Waals surface area contributed by atoms with Crippen molar-refractivity contribution in [1.82, 2.24) is 0 Å². The van der Waals surface area contributed by atoms with Crippen molar-refractivity contribution in [3.63, 3.8) is 0 Å². The van der Waals surface area contributed by atoms with Crippen LogP contribution in [0.25, 0.3) is 0 Å². The molecule has 4 heteroatoms. The molecule has 1 aliphatic carbocycles. The second-order valence-electron chi connectivity index (χ2n) is 7.60. The lowest BCUT2D eigenvalue weighted by Gasteiger charge is -2.30. The molecule has 29 heavy (non-hydrogen) atoms. The van der Waals surface area contributed by atoms with Crippen LogP contribution in [0.1, 0.15) is 35.9 Å². The van der Waals surface area contributed by atoms with Crippen molar-refractivity contribution in [2.24, 2.45) is 0 Å². The van der Waals surface area contributed by atoms with Gasteiger partial charge in [-0.3, -0.25) is 4.79 Å². The quantitative estimate of drug-likeness (QED) is 0.586. The number of anilines is 2. The summed E-state index contributed by atoms with van der Waals surface area (Å²) in [6.07, 6.45) is 1.14. The van der Waals surface area contributed by atoms with Gasteiger partial charge in [0.05, 0.1) is 17.4 Å². The molecule has 1 aliphatic heterocycles. The topological polar surface area (TPSA) is 41.1 Å². The zero-order valence-electron chi connectivity index (χ0n) is 15.9. The lowest BCUT2D eigenvalue weighted by Crippen LogP contribution is -2.27. The zero-order chi connectivity index (χ0) is 19.8. The molecule has 0 fully saturated rings. The van der Waals surface area contributed by atoms with Gasteiger partial charge in [-0.2, -0.15) is 0 Å². The Hall–Kier alpha value is -3.40. The van der Waals surface area contributed by atoms with Crippen molar-refractivity contribution in [3.8, 4) is 0 Å². The van der Waals surface area contributed by atoms with Crippen molar-refractivity contribution in [3.05, 3.63) is 107 Å². The van der Waals surface area contributed by atoms with E-state index in [9.17, 15) is 9.18 Å². The van der Waals surface area contributed by atoms with E-state index in [-0.39, 0.29) is 17.5 Å². The van der Waals surface area contributed by atoms with Gasteiger partial charge in [-0.1, -0.05) is 60.7 Å². The Labute approximate surface area is 169 Å². The number of Topliss-reactive ketones (excluding diaryl/α,β-unsaturated/α-hetero) is 1. The van der Waals surface area contributed by atoms with Crippen LogP contribution < -0.4 is 10.6 Å². The summed E-state index contributed by atoms with van der Waals surface area (Å²) < 4.78 is 14.7. The lowest BCUT2D eigenvalue weighted by molar-refractivity contribution is -0.116. The monoisotopic (exact) mass is 384 g/mol.